The molecule has 3 rings (SSSR count). The maximum atomic E-state index is 12.2. The number of aromatic amines is 1. The van der Waals surface area contributed by atoms with E-state index in [4.69, 9.17) is 23.2 Å². The van der Waals surface area contributed by atoms with Gasteiger partial charge in [-0.15, -0.1) is 11.3 Å². The van der Waals surface area contributed by atoms with Crippen molar-refractivity contribution in [1.29, 1.82) is 0 Å². The zero-order chi connectivity index (χ0) is 15.7. The number of fused-ring (bicyclic) bond motifs is 1. The Labute approximate surface area is 142 Å². The van der Waals surface area contributed by atoms with Crippen LogP contribution in [0.15, 0.2) is 41.4 Å². The molecule has 2 N–H and O–H groups in total. The molecule has 0 saturated heterocycles. The Morgan fingerprint density at radius 3 is 2.73 bits per heavy atom. The molecule has 0 spiro atoms. The van der Waals surface area contributed by atoms with E-state index in [9.17, 15) is 8.42 Å². The monoisotopic (exact) mass is 374 g/mol. The van der Waals surface area contributed by atoms with Crippen LogP contribution in [0.2, 0.25) is 8.67 Å². The largest absolute Gasteiger partial charge is 0.361 e. The quantitative estimate of drug-likeness (QED) is 0.707. The van der Waals surface area contributed by atoms with Gasteiger partial charge in [-0.2, -0.15) is 0 Å². The Kier molecular flexibility index (Phi) is 4.47. The van der Waals surface area contributed by atoms with Crippen LogP contribution in [0.4, 0.5) is 0 Å². The van der Waals surface area contributed by atoms with Gasteiger partial charge in [-0.3, -0.25) is 0 Å². The predicted molar refractivity (Wildman–Crippen MR) is 91.5 cm³/mol. The first-order valence-electron chi connectivity index (χ1n) is 6.47. The summed E-state index contributed by atoms with van der Waals surface area (Å²) < 4.78 is 27.5. The maximum absolute atomic E-state index is 12.2. The summed E-state index contributed by atoms with van der Waals surface area (Å²) in [5.41, 5.74) is 2.10. The lowest BCUT2D eigenvalue weighted by Crippen LogP contribution is -2.25. The number of hydrogen-bond donors (Lipinski definition) is 2. The highest BCUT2D eigenvalue weighted by molar-refractivity contribution is 7.89. The average molecular weight is 375 g/mol. The first kappa shape index (κ1) is 15.8. The Hall–Kier alpha value is -1.05. The summed E-state index contributed by atoms with van der Waals surface area (Å²) in [6.45, 7) is 0.286. The lowest BCUT2D eigenvalue weighted by molar-refractivity contribution is 0.582. The van der Waals surface area contributed by atoms with Gasteiger partial charge >= 0.3 is 0 Å². The number of benzene rings is 1. The summed E-state index contributed by atoms with van der Waals surface area (Å²) in [6, 6.07) is 9.26. The number of halogens is 2. The van der Waals surface area contributed by atoms with Gasteiger partial charge in [0, 0.05) is 23.6 Å². The van der Waals surface area contributed by atoms with Gasteiger partial charge < -0.3 is 4.98 Å². The second-order valence-corrected chi connectivity index (χ2v) is 8.72. The van der Waals surface area contributed by atoms with Crippen molar-refractivity contribution in [3.8, 4) is 0 Å². The second kappa shape index (κ2) is 6.22. The number of nitrogens with one attached hydrogen (secondary N) is 2. The number of para-hydroxylation sites is 1. The van der Waals surface area contributed by atoms with Crippen LogP contribution in [-0.4, -0.2) is 19.9 Å². The van der Waals surface area contributed by atoms with Crippen molar-refractivity contribution in [3.63, 3.8) is 0 Å². The lowest BCUT2D eigenvalue weighted by atomic mass is 10.1. The van der Waals surface area contributed by atoms with Gasteiger partial charge in [0.2, 0.25) is 10.0 Å². The fraction of sp³-hybridized carbons (Fsp3) is 0.143. The summed E-state index contributed by atoms with van der Waals surface area (Å²) in [5, 5.41) is 1.10. The Balaban J connectivity index is 1.71. The van der Waals surface area contributed by atoms with E-state index >= 15 is 0 Å². The number of sulfonamides is 1. The summed E-state index contributed by atoms with van der Waals surface area (Å²) in [5.74, 6) is 0. The van der Waals surface area contributed by atoms with Gasteiger partial charge in [0.05, 0.1) is 4.34 Å². The number of rotatable bonds is 5. The van der Waals surface area contributed by atoms with Crippen LogP contribution in [-0.2, 0) is 16.4 Å². The number of aromatic nitrogens is 1. The molecule has 0 bridgehead atoms. The summed E-state index contributed by atoms with van der Waals surface area (Å²) >= 11 is 12.7. The van der Waals surface area contributed by atoms with Crippen LogP contribution in [0.1, 0.15) is 5.56 Å². The SMILES string of the molecule is O=S(=O)(NCCc1c[nH]c2ccccc12)c1cc(Cl)sc1Cl. The van der Waals surface area contributed by atoms with E-state index in [1.807, 2.05) is 30.5 Å². The summed E-state index contributed by atoms with van der Waals surface area (Å²) in [7, 11) is -3.64. The maximum Gasteiger partial charge on any atom is 0.242 e. The molecule has 4 nitrogen and oxygen atoms in total. The fourth-order valence-corrected chi connectivity index (χ4v) is 5.42. The topological polar surface area (TPSA) is 62.0 Å². The second-order valence-electron chi connectivity index (χ2n) is 4.70. The van der Waals surface area contributed by atoms with Gasteiger partial charge in [-0.1, -0.05) is 41.4 Å². The number of hydrogen-bond acceptors (Lipinski definition) is 3. The van der Waals surface area contributed by atoms with Crippen molar-refractivity contribution in [2.75, 3.05) is 6.54 Å². The van der Waals surface area contributed by atoms with E-state index < -0.39 is 10.0 Å². The molecule has 0 saturated carbocycles. The van der Waals surface area contributed by atoms with Crippen LogP contribution in [0, 0.1) is 0 Å². The Morgan fingerprint density at radius 1 is 1.23 bits per heavy atom. The van der Waals surface area contributed by atoms with Crippen molar-refractivity contribution >= 4 is 55.5 Å². The van der Waals surface area contributed by atoms with Crippen molar-refractivity contribution in [2.45, 2.75) is 11.3 Å². The lowest BCUT2D eigenvalue weighted by Gasteiger charge is -2.05. The third-order valence-corrected chi connectivity index (χ3v) is 6.49. The first-order valence-corrected chi connectivity index (χ1v) is 9.52. The minimum Gasteiger partial charge on any atom is -0.361 e. The zero-order valence-corrected chi connectivity index (χ0v) is 14.4. The van der Waals surface area contributed by atoms with Crippen LogP contribution < -0.4 is 4.72 Å². The molecule has 0 fully saturated rings. The van der Waals surface area contributed by atoms with Crippen molar-refractivity contribution in [2.24, 2.45) is 0 Å². The van der Waals surface area contributed by atoms with E-state index in [0.29, 0.717) is 10.8 Å². The molecule has 0 atom stereocenters. The summed E-state index contributed by atoms with van der Waals surface area (Å²) in [4.78, 5) is 3.20. The van der Waals surface area contributed by atoms with Gasteiger partial charge in [0.1, 0.15) is 9.23 Å². The highest BCUT2D eigenvalue weighted by Gasteiger charge is 2.20. The summed E-state index contributed by atoms with van der Waals surface area (Å²) in [6.07, 6.45) is 2.48. The van der Waals surface area contributed by atoms with Gasteiger partial charge in [0.15, 0.2) is 0 Å². The third kappa shape index (κ3) is 3.16. The molecule has 0 aliphatic carbocycles. The highest BCUT2D eigenvalue weighted by atomic mass is 35.5. The minimum absolute atomic E-state index is 0.0306. The molecule has 116 valence electrons. The molecule has 0 unspecified atom stereocenters. The third-order valence-electron chi connectivity index (χ3n) is 3.28. The van der Waals surface area contributed by atoms with E-state index in [1.54, 1.807) is 0 Å². The molecular formula is C14H12Cl2N2O2S2. The van der Waals surface area contributed by atoms with Crippen LogP contribution in [0.5, 0.6) is 0 Å². The first-order chi connectivity index (χ1) is 10.5. The number of thiophene rings is 1. The molecule has 0 radical (unpaired) electrons. The Morgan fingerprint density at radius 2 is 2.00 bits per heavy atom. The fourth-order valence-electron chi connectivity index (χ4n) is 2.24. The molecule has 8 heteroatoms. The minimum atomic E-state index is -3.64. The van der Waals surface area contributed by atoms with E-state index in [2.05, 4.69) is 9.71 Å². The van der Waals surface area contributed by atoms with E-state index in [0.717, 1.165) is 27.8 Å². The standard InChI is InChI=1S/C14H12Cl2N2O2S2/c15-13-7-12(14(16)21-13)22(19,20)18-6-5-9-8-17-11-4-2-1-3-10(9)11/h1-4,7-8,17-18H,5-6H2. The molecule has 0 aliphatic rings. The predicted octanol–water partition coefficient (Wildman–Crippen LogP) is 4.06. The molecule has 2 aromatic heterocycles. The van der Waals surface area contributed by atoms with Crippen LogP contribution in [0.25, 0.3) is 10.9 Å². The van der Waals surface area contributed by atoms with Gasteiger partial charge in [0.25, 0.3) is 0 Å². The average Bonchev–Trinajstić information content (AvgIpc) is 3.03. The van der Waals surface area contributed by atoms with E-state index in [1.165, 1.54) is 6.07 Å². The van der Waals surface area contributed by atoms with Crippen molar-refractivity contribution in [1.82, 2.24) is 9.71 Å². The molecule has 1 aromatic carbocycles. The normalized spacial score (nSPS) is 12.1. The van der Waals surface area contributed by atoms with Crippen molar-refractivity contribution < 1.29 is 8.42 Å². The van der Waals surface area contributed by atoms with Crippen molar-refractivity contribution in [3.05, 3.63) is 50.8 Å². The van der Waals surface area contributed by atoms with Crippen LogP contribution in [0.3, 0.4) is 0 Å². The van der Waals surface area contributed by atoms with Gasteiger partial charge in [-0.25, -0.2) is 13.1 Å². The van der Waals surface area contributed by atoms with Crippen LogP contribution >= 0.6 is 34.5 Å². The molecule has 22 heavy (non-hydrogen) atoms. The zero-order valence-electron chi connectivity index (χ0n) is 11.3. The molecule has 2 heterocycles. The Bertz CT molecular complexity index is 916. The molecule has 0 aliphatic heterocycles. The molecule has 0 amide bonds. The smallest absolute Gasteiger partial charge is 0.242 e. The number of H-pyrrole nitrogens is 1. The van der Waals surface area contributed by atoms with Gasteiger partial charge in [-0.05, 0) is 24.1 Å². The highest BCUT2D eigenvalue weighted by Crippen LogP contribution is 2.34. The van der Waals surface area contributed by atoms with E-state index in [-0.39, 0.29) is 15.8 Å². The molecular weight excluding hydrogens is 363 g/mol. The molecule has 3 aromatic rings.